The Hall–Kier alpha value is -2.96. The summed E-state index contributed by atoms with van der Waals surface area (Å²) in [6.45, 7) is 6.44. The van der Waals surface area contributed by atoms with Crippen LogP contribution in [0.2, 0.25) is 0 Å². The summed E-state index contributed by atoms with van der Waals surface area (Å²) >= 11 is 1.45. The summed E-state index contributed by atoms with van der Waals surface area (Å²) in [4.78, 5) is 30.6. The summed E-state index contributed by atoms with van der Waals surface area (Å²) in [5.74, 6) is 0.0238. The van der Waals surface area contributed by atoms with Gasteiger partial charge in [0.15, 0.2) is 0 Å². The van der Waals surface area contributed by atoms with Gasteiger partial charge in [-0.25, -0.2) is 0 Å². The van der Waals surface area contributed by atoms with Crippen LogP contribution in [0.1, 0.15) is 45.6 Å². The normalized spacial score (nSPS) is 14.0. The van der Waals surface area contributed by atoms with Crippen molar-refractivity contribution in [1.29, 1.82) is 0 Å². The van der Waals surface area contributed by atoms with Crippen LogP contribution in [0.5, 0.6) is 0 Å². The highest BCUT2D eigenvalue weighted by Crippen LogP contribution is 2.23. The topological polar surface area (TPSA) is 52.7 Å². The minimum Gasteiger partial charge on any atom is -0.355 e. The zero-order valence-electron chi connectivity index (χ0n) is 19.8. The van der Waals surface area contributed by atoms with Crippen molar-refractivity contribution in [2.45, 2.75) is 39.2 Å². The molecule has 1 N–H and O–H groups in total. The van der Waals surface area contributed by atoms with E-state index in [-0.39, 0.29) is 11.8 Å². The predicted molar refractivity (Wildman–Crippen MR) is 139 cm³/mol. The van der Waals surface area contributed by atoms with E-state index >= 15 is 0 Å². The first-order valence-electron chi connectivity index (χ1n) is 12.1. The Labute approximate surface area is 206 Å². The highest BCUT2D eigenvalue weighted by atomic mass is 32.1. The van der Waals surface area contributed by atoms with E-state index in [0.717, 1.165) is 36.4 Å². The number of benzene rings is 2. The molecule has 2 heterocycles. The summed E-state index contributed by atoms with van der Waals surface area (Å²) in [6.07, 6.45) is 4.18. The lowest BCUT2D eigenvalue weighted by Crippen LogP contribution is -2.38. The fraction of sp³-hybridized carbons (Fsp3) is 0.357. The number of amides is 2. The van der Waals surface area contributed by atoms with Crippen LogP contribution in [-0.4, -0.2) is 42.9 Å². The molecule has 1 fully saturated rings. The molecule has 1 saturated heterocycles. The minimum absolute atomic E-state index is 0.0142. The molecule has 4 rings (SSSR count). The first-order valence-corrected chi connectivity index (χ1v) is 13.0. The van der Waals surface area contributed by atoms with Gasteiger partial charge in [0.05, 0.1) is 17.8 Å². The van der Waals surface area contributed by atoms with Crippen molar-refractivity contribution in [3.05, 3.63) is 87.6 Å². The number of thiophene rings is 1. The first kappa shape index (κ1) is 24.2. The Balaban J connectivity index is 1.39. The highest BCUT2D eigenvalue weighted by Gasteiger charge is 2.19. The molecular weight excluding hydrogens is 442 g/mol. The number of rotatable bonds is 9. The van der Waals surface area contributed by atoms with Crippen molar-refractivity contribution in [2.75, 3.05) is 31.1 Å². The molecule has 0 unspecified atom stereocenters. The van der Waals surface area contributed by atoms with Gasteiger partial charge in [0, 0.05) is 18.8 Å². The Morgan fingerprint density at radius 1 is 0.971 bits per heavy atom. The zero-order chi connectivity index (χ0) is 23.8. The van der Waals surface area contributed by atoms with E-state index in [0.29, 0.717) is 24.4 Å². The fourth-order valence-electron chi connectivity index (χ4n) is 4.38. The van der Waals surface area contributed by atoms with Crippen LogP contribution >= 0.6 is 11.3 Å². The minimum atomic E-state index is -0.0142. The molecule has 1 aliphatic heterocycles. The van der Waals surface area contributed by atoms with Crippen LogP contribution in [-0.2, 0) is 17.8 Å². The summed E-state index contributed by atoms with van der Waals surface area (Å²) in [5.41, 5.74) is 4.03. The van der Waals surface area contributed by atoms with E-state index in [1.54, 1.807) is 0 Å². The molecule has 0 spiro atoms. The maximum atomic E-state index is 13.3. The molecule has 1 aromatic heterocycles. The number of hydrogen-bond acceptors (Lipinski definition) is 4. The number of hydrogen-bond donors (Lipinski definition) is 1. The molecule has 0 bridgehead atoms. The van der Waals surface area contributed by atoms with Crippen molar-refractivity contribution in [1.82, 2.24) is 10.2 Å². The molecule has 5 nitrogen and oxygen atoms in total. The standard InChI is InChI=1S/C28H33N3O2S/c1-22-7-5-8-24(19-22)21-31(28(33)26-9-6-18-34-26)25-12-10-23(11-13-25)20-27(32)29-14-17-30-15-3-2-4-16-30/h5-13,18-19H,2-4,14-17,20-21H2,1H3,(H,29,32). The van der Waals surface area contributed by atoms with E-state index in [1.807, 2.05) is 58.8 Å². The van der Waals surface area contributed by atoms with E-state index in [1.165, 1.54) is 36.2 Å². The smallest absolute Gasteiger partial charge is 0.268 e. The van der Waals surface area contributed by atoms with Crippen molar-refractivity contribution in [3.63, 3.8) is 0 Å². The van der Waals surface area contributed by atoms with Gasteiger partial charge in [-0.05, 0) is 67.6 Å². The van der Waals surface area contributed by atoms with Crippen molar-refractivity contribution in [3.8, 4) is 0 Å². The van der Waals surface area contributed by atoms with Crippen LogP contribution in [0.3, 0.4) is 0 Å². The second-order valence-electron chi connectivity index (χ2n) is 8.95. The summed E-state index contributed by atoms with van der Waals surface area (Å²) in [5, 5.41) is 4.97. The molecule has 0 saturated carbocycles. The Morgan fingerprint density at radius 2 is 1.76 bits per heavy atom. The number of anilines is 1. The molecule has 0 aliphatic carbocycles. The van der Waals surface area contributed by atoms with Crippen molar-refractivity contribution in [2.24, 2.45) is 0 Å². The Morgan fingerprint density at radius 3 is 2.47 bits per heavy atom. The van der Waals surface area contributed by atoms with Gasteiger partial charge in [-0.1, -0.05) is 54.4 Å². The number of aryl methyl sites for hydroxylation is 1. The lowest BCUT2D eigenvalue weighted by Gasteiger charge is -2.26. The number of carbonyl (C=O) groups excluding carboxylic acids is 2. The summed E-state index contributed by atoms with van der Waals surface area (Å²) < 4.78 is 0. The first-order chi connectivity index (χ1) is 16.6. The van der Waals surface area contributed by atoms with E-state index in [2.05, 4.69) is 29.3 Å². The van der Waals surface area contributed by atoms with Gasteiger partial charge in [-0.3, -0.25) is 9.59 Å². The summed E-state index contributed by atoms with van der Waals surface area (Å²) in [7, 11) is 0. The molecule has 0 atom stereocenters. The molecule has 34 heavy (non-hydrogen) atoms. The van der Waals surface area contributed by atoms with Crippen molar-refractivity contribution >= 4 is 28.8 Å². The number of nitrogens with zero attached hydrogens (tertiary/aromatic N) is 2. The van der Waals surface area contributed by atoms with E-state index in [4.69, 9.17) is 0 Å². The third kappa shape index (κ3) is 6.78. The van der Waals surface area contributed by atoms with Gasteiger partial charge in [0.25, 0.3) is 5.91 Å². The average molecular weight is 476 g/mol. The Kier molecular flexibility index (Phi) is 8.50. The number of nitrogens with one attached hydrogen (secondary N) is 1. The van der Waals surface area contributed by atoms with E-state index < -0.39 is 0 Å². The molecule has 2 amide bonds. The lowest BCUT2D eigenvalue weighted by atomic mass is 10.1. The maximum absolute atomic E-state index is 13.3. The van der Waals surface area contributed by atoms with Crippen molar-refractivity contribution < 1.29 is 9.59 Å². The molecule has 2 aromatic carbocycles. The number of likely N-dealkylation sites (tertiary alicyclic amines) is 1. The van der Waals surface area contributed by atoms with Gasteiger partial charge in [-0.2, -0.15) is 0 Å². The molecule has 1 aliphatic rings. The molecule has 178 valence electrons. The van der Waals surface area contributed by atoms with Crippen LogP contribution in [0.25, 0.3) is 0 Å². The molecule has 0 radical (unpaired) electrons. The molecule has 6 heteroatoms. The largest absolute Gasteiger partial charge is 0.355 e. The van der Waals surface area contributed by atoms with E-state index in [9.17, 15) is 9.59 Å². The zero-order valence-corrected chi connectivity index (χ0v) is 20.7. The maximum Gasteiger partial charge on any atom is 0.268 e. The number of piperidine rings is 1. The highest BCUT2D eigenvalue weighted by molar-refractivity contribution is 7.12. The third-order valence-electron chi connectivity index (χ3n) is 6.21. The van der Waals surface area contributed by atoms with Crippen LogP contribution in [0.15, 0.2) is 66.0 Å². The fourth-order valence-corrected chi connectivity index (χ4v) is 5.06. The molecular formula is C28H33N3O2S. The average Bonchev–Trinajstić information content (AvgIpc) is 3.39. The van der Waals surface area contributed by atoms with Gasteiger partial charge in [0.1, 0.15) is 0 Å². The van der Waals surface area contributed by atoms with Gasteiger partial charge in [0.2, 0.25) is 5.91 Å². The predicted octanol–water partition coefficient (Wildman–Crippen LogP) is 5.05. The molecule has 3 aromatic rings. The van der Waals surface area contributed by atoms with Crippen LogP contribution in [0.4, 0.5) is 5.69 Å². The lowest BCUT2D eigenvalue weighted by molar-refractivity contribution is -0.120. The van der Waals surface area contributed by atoms with Gasteiger partial charge < -0.3 is 15.1 Å². The van der Waals surface area contributed by atoms with Gasteiger partial charge >= 0.3 is 0 Å². The van der Waals surface area contributed by atoms with Gasteiger partial charge in [-0.15, -0.1) is 11.3 Å². The quantitative estimate of drug-likeness (QED) is 0.471. The Bertz CT molecular complexity index is 1070. The van der Waals surface area contributed by atoms with Crippen LogP contribution in [0, 0.1) is 6.92 Å². The third-order valence-corrected chi connectivity index (χ3v) is 7.07. The summed E-state index contributed by atoms with van der Waals surface area (Å²) in [6, 6.07) is 19.8. The monoisotopic (exact) mass is 475 g/mol. The van der Waals surface area contributed by atoms with Crippen LogP contribution < -0.4 is 10.2 Å². The SMILES string of the molecule is Cc1cccc(CN(C(=O)c2cccs2)c2ccc(CC(=O)NCCN3CCCCC3)cc2)c1. The number of carbonyl (C=O) groups is 2. The second-order valence-corrected chi connectivity index (χ2v) is 9.90. The second kappa shape index (κ2) is 12.0.